The Morgan fingerprint density at radius 1 is 1.19 bits per heavy atom. The largest absolute Gasteiger partial charge is 0.261 e. The normalized spacial score (nSPS) is 10.5. The summed E-state index contributed by atoms with van der Waals surface area (Å²) in [7, 11) is 0. The summed E-state index contributed by atoms with van der Waals surface area (Å²) in [5.41, 5.74) is 2.64. The molecule has 3 nitrogen and oxygen atoms in total. The minimum absolute atomic E-state index is 0.420. The third-order valence-electron chi connectivity index (χ3n) is 2.15. The first-order valence-corrected chi connectivity index (χ1v) is 5.87. The van der Waals surface area contributed by atoms with Crippen LogP contribution in [0.15, 0.2) is 22.8 Å². The Morgan fingerprint density at radius 3 is 2.50 bits per heavy atom. The van der Waals surface area contributed by atoms with Crippen molar-refractivity contribution in [2.24, 2.45) is 0 Å². The zero-order valence-corrected chi connectivity index (χ0v) is 11.2. The van der Waals surface area contributed by atoms with Gasteiger partial charge < -0.3 is 0 Å². The van der Waals surface area contributed by atoms with Gasteiger partial charge in [0.1, 0.15) is 5.15 Å². The smallest absolute Gasteiger partial charge is 0.162 e. The van der Waals surface area contributed by atoms with Gasteiger partial charge in [-0.15, -0.1) is 0 Å². The van der Waals surface area contributed by atoms with E-state index in [4.69, 9.17) is 11.6 Å². The first kappa shape index (κ1) is 11.5. The summed E-state index contributed by atoms with van der Waals surface area (Å²) >= 11 is 9.31. The van der Waals surface area contributed by atoms with Crippen molar-refractivity contribution in [1.82, 2.24) is 15.0 Å². The van der Waals surface area contributed by atoms with Gasteiger partial charge in [-0.3, -0.25) is 4.98 Å². The quantitative estimate of drug-likeness (QED) is 0.755. The number of hydrogen-bond acceptors (Lipinski definition) is 3. The molecule has 0 saturated carbocycles. The highest BCUT2D eigenvalue weighted by Crippen LogP contribution is 2.25. The summed E-state index contributed by atoms with van der Waals surface area (Å²) in [6.07, 6.45) is 1.74. The average Bonchev–Trinajstić information content (AvgIpc) is 2.26. The Bertz CT molecular complexity index is 502. The van der Waals surface area contributed by atoms with Gasteiger partial charge in [-0.1, -0.05) is 11.6 Å². The molecule has 0 atom stereocenters. The minimum Gasteiger partial charge on any atom is -0.261 e. The molecule has 0 aromatic carbocycles. The van der Waals surface area contributed by atoms with Crippen molar-refractivity contribution in [3.05, 3.63) is 39.3 Å². The highest BCUT2D eigenvalue weighted by Gasteiger charge is 2.08. The van der Waals surface area contributed by atoms with Crippen LogP contribution < -0.4 is 0 Å². The third kappa shape index (κ3) is 2.23. The number of hydrogen-bond donors (Lipinski definition) is 0. The molecule has 0 amide bonds. The lowest BCUT2D eigenvalue weighted by Gasteiger charge is -2.04. The monoisotopic (exact) mass is 297 g/mol. The van der Waals surface area contributed by atoms with Gasteiger partial charge in [0, 0.05) is 17.5 Å². The van der Waals surface area contributed by atoms with E-state index in [0.29, 0.717) is 11.0 Å². The standard InChI is InChI=1S/C11H9BrClN3/c1-6-3-4-8(5-14-6)11-15-7(2)9(12)10(13)16-11/h3-5H,1-2H3. The van der Waals surface area contributed by atoms with E-state index in [1.54, 1.807) is 6.20 Å². The Hall–Kier alpha value is -1.00. The number of nitrogens with zero attached hydrogens (tertiary/aromatic N) is 3. The second kappa shape index (κ2) is 4.47. The predicted octanol–water partition coefficient (Wildman–Crippen LogP) is 3.57. The molecule has 0 aliphatic rings. The van der Waals surface area contributed by atoms with E-state index >= 15 is 0 Å². The summed E-state index contributed by atoms with van der Waals surface area (Å²) in [6, 6.07) is 3.85. The average molecular weight is 299 g/mol. The molecular weight excluding hydrogens is 289 g/mol. The zero-order chi connectivity index (χ0) is 11.7. The van der Waals surface area contributed by atoms with Crippen LogP contribution in [0.2, 0.25) is 5.15 Å². The van der Waals surface area contributed by atoms with Gasteiger partial charge in [0.15, 0.2) is 5.82 Å². The highest BCUT2D eigenvalue weighted by molar-refractivity contribution is 9.10. The lowest BCUT2D eigenvalue weighted by atomic mass is 10.2. The minimum atomic E-state index is 0.420. The molecule has 0 aliphatic carbocycles. The van der Waals surface area contributed by atoms with Crippen molar-refractivity contribution in [1.29, 1.82) is 0 Å². The van der Waals surface area contributed by atoms with Crippen LogP contribution in [0.3, 0.4) is 0 Å². The number of pyridine rings is 1. The van der Waals surface area contributed by atoms with Gasteiger partial charge in [0.25, 0.3) is 0 Å². The van der Waals surface area contributed by atoms with Gasteiger partial charge in [-0.25, -0.2) is 9.97 Å². The molecule has 0 aliphatic heterocycles. The van der Waals surface area contributed by atoms with Crippen molar-refractivity contribution in [2.45, 2.75) is 13.8 Å². The van der Waals surface area contributed by atoms with Crippen molar-refractivity contribution in [2.75, 3.05) is 0 Å². The van der Waals surface area contributed by atoms with Crippen molar-refractivity contribution in [3.8, 4) is 11.4 Å². The van der Waals surface area contributed by atoms with Gasteiger partial charge >= 0.3 is 0 Å². The van der Waals surface area contributed by atoms with Gasteiger partial charge in [0.05, 0.1) is 10.2 Å². The Balaban J connectivity index is 2.52. The fraction of sp³-hybridized carbons (Fsp3) is 0.182. The van der Waals surface area contributed by atoms with Crippen LogP contribution in [-0.4, -0.2) is 15.0 Å². The Kier molecular flexibility index (Phi) is 3.21. The first-order valence-electron chi connectivity index (χ1n) is 4.70. The predicted molar refractivity (Wildman–Crippen MR) is 67.4 cm³/mol. The lowest BCUT2D eigenvalue weighted by molar-refractivity contribution is 1.08. The van der Waals surface area contributed by atoms with E-state index < -0.39 is 0 Å². The van der Waals surface area contributed by atoms with Crippen LogP contribution in [0, 0.1) is 13.8 Å². The van der Waals surface area contributed by atoms with Crippen LogP contribution in [0.25, 0.3) is 11.4 Å². The van der Waals surface area contributed by atoms with Crippen molar-refractivity contribution < 1.29 is 0 Å². The van der Waals surface area contributed by atoms with Crippen LogP contribution in [0.5, 0.6) is 0 Å². The van der Waals surface area contributed by atoms with E-state index in [1.165, 1.54) is 0 Å². The second-order valence-corrected chi connectivity index (χ2v) is 4.58. The molecule has 0 saturated heterocycles. The summed E-state index contributed by atoms with van der Waals surface area (Å²) in [6.45, 7) is 3.81. The molecule has 0 bridgehead atoms. The summed E-state index contributed by atoms with van der Waals surface area (Å²) in [5.74, 6) is 0.596. The van der Waals surface area contributed by atoms with E-state index in [1.807, 2.05) is 26.0 Å². The van der Waals surface area contributed by atoms with E-state index in [2.05, 4.69) is 30.9 Å². The van der Waals surface area contributed by atoms with Crippen LogP contribution in [-0.2, 0) is 0 Å². The third-order valence-corrected chi connectivity index (χ3v) is 3.60. The molecule has 2 rings (SSSR count). The topological polar surface area (TPSA) is 38.7 Å². The number of aromatic nitrogens is 3. The number of aryl methyl sites for hydroxylation is 2. The van der Waals surface area contributed by atoms with E-state index in [9.17, 15) is 0 Å². The number of halogens is 2. The van der Waals surface area contributed by atoms with Crippen LogP contribution >= 0.6 is 27.5 Å². The molecule has 0 N–H and O–H groups in total. The fourth-order valence-electron chi connectivity index (χ4n) is 1.25. The molecule has 82 valence electrons. The molecule has 2 aromatic rings. The molecule has 0 fully saturated rings. The molecule has 16 heavy (non-hydrogen) atoms. The van der Waals surface area contributed by atoms with Crippen molar-refractivity contribution in [3.63, 3.8) is 0 Å². The van der Waals surface area contributed by atoms with Crippen molar-refractivity contribution >= 4 is 27.5 Å². The van der Waals surface area contributed by atoms with Crippen LogP contribution in [0.4, 0.5) is 0 Å². The van der Waals surface area contributed by atoms with E-state index in [-0.39, 0.29) is 0 Å². The Labute approximate surface area is 107 Å². The SMILES string of the molecule is Cc1ccc(-c2nc(C)c(Br)c(Cl)n2)cn1. The fourth-order valence-corrected chi connectivity index (χ4v) is 1.65. The van der Waals surface area contributed by atoms with Gasteiger partial charge in [-0.05, 0) is 41.9 Å². The van der Waals surface area contributed by atoms with Gasteiger partial charge in [-0.2, -0.15) is 0 Å². The highest BCUT2D eigenvalue weighted by atomic mass is 79.9. The molecule has 0 unspecified atom stereocenters. The molecule has 2 heterocycles. The molecule has 0 spiro atoms. The summed E-state index contributed by atoms with van der Waals surface area (Å²) in [5, 5.41) is 0.420. The molecular formula is C11H9BrClN3. The number of rotatable bonds is 1. The van der Waals surface area contributed by atoms with E-state index in [0.717, 1.165) is 21.4 Å². The first-order chi connectivity index (χ1) is 7.58. The molecule has 0 radical (unpaired) electrons. The molecule has 2 aromatic heterocycles. The summed E-state index contributed by atoms with van der Waals surface area (Å²) < 4.78 is 0.734. The van der Waals surface area contributed by atoms with Crippen LogP contribution in [0.1, 0.15) is 11.4 Å². The second-order valence-electron chi connectivity index (χ2n) is 3.43. The summed E-state index contributed by atoms with van der Waals surface area (Å²) in [4.78, 5) is 12.8. The lowest BCUT2D eigenvalue weighted by Crippen LogP contribution is -1.95. The maximum atomic E-state index is 5.98. The van der Waals surface area contributed by atoms with Gasteiger partial charge in [0.2, 0.25) is 0 Å². The molecule has 5 heteroatoms. The maximum absolute atomic E-state index is 5.98. The zero-order valence-electron chi connectivity index (χ0n) is 8.83. The Morgan fingerprint density at radius 2 is 1.94 bits per heavy atom. The maximum Gasteiger partial charge on any atom is 0.162 e.